The number of nitrogens with zero attached hydrogens (tertiary/aromatic N) is 3. The molecule has 1 aromatic heterocycles. The molecule has 2 aliphatic heterocycles. The van der Waals surface area contributed by atoms with Gasteiger partial charge in [-0.2, -0.15) is 13.2 Å². The Kier molecular flexibility index (Phi) is 8.76. The number of hydrogen-bond donors (Lipinski definition) is 3. The van der Waals surface area contributed by atoms with Crippen molar-refractivity contribution >= 4 is 33.2 Å². The first-order chi connectivity index (χ1) is 21.6. The van der Waals surface area contributed by atoms with E-state index in [-0.39, 0.29) is 12.2 Å². The molecule has 45 heavy (non-hydrogen) atoms. The van der Waals surface area contributed by atoms with Crippen LogP contribution in [0.5, 0.6) is 5.75 Å². The average Bonchev–Trinajstić information content (AvgIpc) is 3.48. The van der Waals surface area contributed by atoms with Crippen LogP contribution in [-0.2, 0) is 13.0 Å². The van der Waals surface area contributed by atoms with Crippen LogP contribution < -0.4 is 15.5 Å². The summed E-state index contributed by atoms with van der Waals surface area (Å²) in [6.45, 7) is 1.24. The maximum absolute atomic E-state index is 13.0. The molecule has 11 heteroatoms. The lowest BCUT2D eigenvalue weighted by Gasteiger charge is -2.24. The van der Waals surface area contributed by atoms with Crippen molar-refractivity contribution in [3.63, 3.8) is 0 Å². The Bertz CT molecular complexity index is 1740. The molecule has 1 atom stereocenters. The van der Waals surface area contributed by atoms with Crippen molar-refractivity contribution in [3.8, 4) is 5.75 Å². The third kappa shape index (κ3) is 6.38. The first-order valence-electron chi connectivity index (χ1n) is 15.3. The second-order valence-corrected chi connectivity index (χ2v) is 11.9. The highest BCUT2D eigenvalue weighted by Crippen LogP contribution is 2.39. The van der Waals surface area contributed by atoms with E-state index in [1.807, 2.05) is 84.3 Å². The van der Waals surface area contributed by atoms with E-state index < -0.39 is 24.7 Å². The molecule has 3 heterocycles. The number of nitrogens with one attached hydrogen (secondary N) is 2. The lowest BCUT2D eigenvalue weighted by atomic mass is 9.94. The van der Waals surface area contributed by atoms with Crippen molar-refractivity contribution < 1.29 is 27.8 Å². The molecule has 3 aromatic carbocycles. The number of para-hydroxylation sites is 1. The lowest BCUT2D eigenvalue weighted by Crippen LogP contribution is -2.43. The van der Waals surface area contributed by atoms with Crippen LogP contribution in [0.25, 0.3) is 27.2 Å². The molecule has 8 nitrogen and oxygen atoms in total. The SMILES string of the molecule is CN1CCCn2c(C(=O)O)c(CCCOc3cccc4ccccc34)c3cccc(c32)C2=C(C1)N(C)NC2CNCC(F)(F)F. The summed E-state index contributed by atoms with van der Waals surface area (Å²) in [6, 6.07) is 19.4. The summed E-state index contributed by atoms with van der Waals surface area (Å²) in [6.07, 6.45) is -2.47. The van der Waals surface area contributed by atoms with E-state index in [0.29, 0.717) is 32.5 Å². The van der Waals surface area contributed by atoms with Crippen LogP contribution >= 0.6 is 0 Å². The first kappa shape index (κ1) is 30.9. The zero-order valence-electron chi connectivity index (χ0n) is 25.5. The molecule has 6 rings (SSSR count). The molecule has 0 radical (unpaired) electrons. The van der Waals surface area contributed by atoms with E-state index in [1.54, 1.807) is 0 Å². The minimum atomic E-state index is -4.32. The van der Waals surface area contributed by atoms with Crippen LogP contribution in [0.3, 0.4) is 0 Å². The average molecular weight is 622 g/mol. The highest BCUT2D eigenvalue weighted by molar-refractivity contribution is 6.03. The van der Waals surface area contributed by atoms with Gasteiger partial charge in [-0.15, -0.1) is 0 Å². The summed E-state index contributed by atoms with van der Waals surface area (Å²) >= 11 is 0. The fraction of sp³-hybridized carbons (Fsp3) is 0.382. The normalized spacial score (nSPS) is 17.7. The number of alkyl halides is 3. The molecule has 1 unspecified atom stereocenters. The molecule has 0 aliphatic carbocycles. The van der Waals surface area contributed by atoms with Gasteiger partial charge in [0.2, 0.25) is 0 Å². The lowest BCUT2D eigenvalue weighted by molar-refractivity contribution is -0.124. The third-order valence-electron chi connectivity index (χ3n) is 8.69. The van der Waals surface area contributed by atoms with Gasteiger partial charge in [-0.1, -0.05) is 54.6 Å². The highest BCUT2D eigenvalue weighted by atomic mass is 19.4. The smallest absolute Gasteiger partial charge is 0.401 e. The van der Waals surface area contributed by atoms with Crippen molar-refractivity contribution in [2.45, 2.75) is 38.0 Å². The molecule has 0 bridgehead atoms. The molecule has 4 aromatic rings. The number of carboxylic acids is 1. The fourth-order valence-electron chi connectivity index (χ4n) is 6.80. The van der Waals surface area contributed by atoms with Gasteiger partial charge in [-0.3, -0.25) is 0 Å². The minimum absolute atomic E-state index is 0.0631. The summed E-state index contributed by atoms with van der Waals surface area (Å²) in [5, 5.41) is 18.0. The molecule has 0 saturated heterocycles. The Morgan fingerprint density at radius 3 is 2.60 bits per heavy atom. The van der Waals surface area contributed by atoms with Crippen molar-refractivity contribution in [2.24, 2.45) is 0 Å². The van der Waals surface area contributed by atoms with Gasteiger partial charge in [0.25, 0.3) is 0 Å². The van der Waals surface area contributed by atoms with Crippen molar-refractivity contribution in [1.29, 1.82) is 0 Å². The van der Waals surface area contributed by atoms with Gasteiger partial charge >= 0.3 is 12.1 Å². The van der Waals surface area contributed by atoms with Crippen LogP contribution in [0.2, 0.25) is 0 Å². The van der Waals surface area contributed by atoms with Gasteiger partial charge < -0.3 is 29.6 Å². The van der Waals surface area contributed by atoms with E-state index in [2.05, 4.69) is 15.6 Å². The number of fused-ring (bicyclic) bond motifs is 2. The number of carbonyl (C=O) groups is 1. The van der Waals surface area contributed by atoms with Gasteiger partial charge in [0.15, 0.2) is 0 Å². The second kappa shape index (κ2) is 12.7. The van der Waals surface area contributed by atoms with E-state index >= 15 is 0 Å². The van der Waals surface area contributed by atoms with Crippen molar-refractivity contribution in [1.82, 2.24) is 25.2 Å². The zero-order valence-corrected chi connectivity index (χ0v) is 25.5. The standard InChI is InChI=1S/C34H38F3N5O3/c1-40-16-8-17-42-31-24(12-6-13-26(31)30-27(19-38-21-34(35,36)37)39-41(2)28(30)20-40)25(32(42)33(43)44)14-7-18-45-29-15-5-10-22-9-3-4-11-23(22)29/h3-6,9-13,15,27,38-39H,7-8,14,16-21H2,1-2H3,(H,43,44). The summed E-state index contributed by atoms with van der Waals surface area (Å²) in [5.41, 5.74) is 7.86. The Morgan fingerprint density at radius 1 is 1.04 bits per heavy atom. The van der Waals surface area contributed by atoms with Crippen LogP contribution in [0.15, 0.2) is 66.4 Å². The van der Waals surface area contributed by atoms with Gasteiger partial charge in [-0.25, -0.2) is 10.2 Å². The number of aryl methyl sites for hydroxylation is 2. The molecule has 0 amide bonds. The summed E-state index contributed by atoms with van der Waals surface area (Å²) in [4.78, 5) is 15.1. The molecular formula is C34H38F3N5O3. The van der Waals surface area contributed by atoms with Gasteiger partial charge in [0, 0.05) is 54.3 Å². The number of ether oxygens (including phenoxy) is 1. The summed E-state index contributed by atoms with van der Waals surface area (Å²) < 4.78 is 47.2. The molecule has 0 fully saturated rings. The van der Waals surface area contributed by atoms with Crippen LogP contribution in [0.1, 0.15) is 34.5 Å². The van der Waals surface area contributed by atoms with Crippen LogP contribution in [-0.4, -0.2) is 84.7 Å². The maximum atomic E-state index is 13.0. The monoisotopic (exact) mass is 621 g/mol. The summed E-state index contributed by atoms with van der Waals surface area (Å²) in [5.74, 6) is -0.201. The number of halogens is 3. The summed E-state index contributed by atoms with van der Waals surface area (Å²) in [7, 11) is 3.88. The van der Waals surface area contributed by atoms with Gasteiger partial charge in [0.05, 0.1) is 24.7 Å². The number of carboxylic acid groups (broad SMARTS) is 1. The number of hydrogen-bond acceptors (Lipinski definition) is 6. The molecule has 0 saturated carbocycles. The number of hydrazine groups is 1. The van der Waals surface area contributed by atoms with Gasteiger partial charge in [0.1, 0.15) is 11.4 Å². The number of rotatable bonds is 9. The molecule has 2 aliphatic rings. The number of aromatic carboxylic acids is 1. The third-order valence-corrected chi connectivity index (χ3v) is 8.69. The van der Waals surface area contributed by atoms with E-state index in [0.717, 1.165) is 62.8 Å². The quantitative estimate of drug-likeness (QED) is 0.212. The number of benzene rings is 3. The predicted octanol–water partition coefficient (Wildman–Crippen LogP) is 5.52. The van der Waals surface area contributed by atoms with Crippen molar-refractivity contribution in [3.05, 3.63) is 83.2 Å². The van der Waals surface area contributed by atoms with E-state index in [9.17, 15) is 23.1 Å². The Hall–Kier alpha value is -4.06. The van der Waals surface area contributed by atoms with E-state index in [1.165, 1.54) is 0 Å². The van der Waals surface area contributed by atoms with E-state index in [4.69, 9.17) is 4.74 Å². The largest absolute Gasteiger partial charge is 0.493 e. The molecule has 238 valence electrons. The minimum Gasteiger partial charge on any atom is -0.493 e. The molecular weight excluding hydrogens is 583 g/mol. The Labute approximate surface area is 260 Å². The zero-order chi connectivity index (χ0) is 31.7. The Balaban J connectivity index is 1.37. The van der Waals surface area contributed by atoms with Gasteiger partial charge in [-0.05, 0) is 49.9 Å². The van der Waals surface area contributed by atoms with Crippen LogP contribution in [0.4, 0.5) is 13.2 Å². The first-order valence-corrected chi connectivity index (χ1v) is 15.3. The predicted molar refractivity (Wildman–Crippen MR) is 169 cm³/mol. The number of likely N-dealkylation sites (N-methyl/N-ethyl adjacent to an activating group) is 2. The highest BCUT2D eigenvalue weighted by Gasteiger charge is 2.35. The topological polar surface area (TPSA) is 82.0 Å². The molecule has 0 spiro atoms. The number of aromatic nitrogens is 1. The van der Waals surface area contributed by atoms with Crippen LogP contribution in [0, 0.1) is 0 Å². The van der Waals surface area contributed by atoms with Crippen molar-refractivity contribution in [2.75, 3.05) is 46.9 Å². The second-order valence-electron chi connectivity index (χ2n) is 11.9. The fourth-order valence-corrected chi connectivity index (χ4v) is 6.80. The molecule has 3 N–H and O–H groups in total. The maximum Gasteiger partial charge on any atom is 0.401 e. The Morgan fingerprint density at radius 2 is 1.80 bits per heavy atom.